The van der Waals surface area contributed by atoms with Crippen LogP contribution in [0.3, 0.4) is 0 Å². The van der Waals surface area contributed by atoms with Crippen molar-refractivity contribution in [3.05, 3.63) is 72.1 Å². The third kappa shape index (κ3) is 6.22. The van der Waals surface area contributed by atoms with Crippen LogP contribution in [0.1, 0.15) is 11.3 Å². The van der Waals surface area contributed by atoms with Crippen LogP contribution in [0.4, 0.5) is 4.79 Å². The standard InChI is InChI=1S/C22H22N4O6/c27-12-19(26-22(31)32-13-14-6-2-1-3-7-14)20(28)25-18(21(29)30)10-15-11-23-16-8-4-5-9-17(16)24-15/h1-9,11,18-19,27H,10,12-13H2,(H,25,28)(H,26,31)(H,29,30)/t18-,19+/m1/s1. The number of hydrogen-bond acceptors (Lipinski definition) is 7. The topological polar surface area (TPSA) is 151 Å². The first-order valence-electron chi connectivity index (χ1n) is 9.78. The predicted molar refractivity (Wildman–Crippen MR) is 113 cm³/mol. The van der Waals surface area contributed by atoms with Crippen LogP contribution < -0.4 is 10.6 Å². The van der Waals surface area contributed by atoms with Gasteiger partial charge in [-0.25, -0.2) is 14.6 Å². The number of aliphatic hydroxyl groups is 1. The monoisotopic (exact) mass is 438 g/mol. The maximum absolute atomic E-state index is 12.5. The quantitative estimate of drug-likeness (QED) is 0.387. The molecule has 0 spiro atoms. The minimum absolute atomic E-state index is 0.0230. The van der Waals surface area contributed by atoms with E-state index in [1.54, 1.807) is 42.5 Å². The van der Waals surface area contributed by atoms with Crippen LogP contribution in [-0.4, -0.2) is 56.8 Å². The van der Waals surface area contributed by atoms with Gasteiger partial charge < -0.3 is 25.6 Å². The zero-order valence-corrected chi connectivity index (χ0v) is 17.0. The first kappa shape index (κ1) is 22.6. The van der Waals surface area contributed by atoms with E-state index in [0.717, 1.165) is 5.56 Å². The fourth-order valence-corrected chi connectivity index (χ4v) is 2.88. The van der Waals surface area contributed by atoms with Crippen LogP contribution in [-0.2, 0) is 27.4 Å². The number of benzene rings is 2. The van der Waals surface area contributed by atoms with Crippen LogP contribution in [0, 0.1) is 0 Å². The van der Waals surface area contributed by atoms with Gasteiger partial charge in [-0.3, -0.25) is 9.78 Å². The van der Waals surface area contributed by atoms with E-state index in [1.165, 1.54) is 6.20 Å². The smallest absolute Gasteiger partial charge is 0.408 e. The number of carboxylic acids is 1. The molecule has 1 heterocycles. The van der Waals surface area contributed by atoms with E-state index >= 15 is 0 Å². The lowest BCUT2D eigenvalue weighted by molar-refractivity contribution is -0.142. The van der Waals surface area contributed by atoms with Gasteiger partial charge in [0.1, 0.15) is 18.7 Å². The van der Waals surface area contributed by atoms with Crippen molar-refractivity contribution >= 4 is 29.0 Å². The number of ether oxygens (including phenoxy) is 1. The fourth-order valence-electron chi connectivity index (χ4n) is 2.88. The Morgan fingerprint density at radius 3 is 2.31 bits per heavy atom. The molecule has 10 heteroatoms. The Bertz CT molecular complexity index is 1090. The predicted octanol–water partition coefficient (Wildman–Crippen LogP) is 1.03. The third-order valence-electron chi connectivity index (χ3n) is 4.53. The molecule has 0 radical (unpaired) electrons. The molecule has 2 atom stereocenters. The molecule has 3 aromatic rings. The molecule has 0 saturated heterocycles. The Morgan fingerprint density at radius 1 is 0.938 bits per heavy atom. The van der Waals surface area contributed by atoms with Gasteiger partial charge in [-0.1, -0.05) is 42.5 Å². The highest BCUT2D eigenvalue weighted by atomic mass is 16.5. The van der Waals surface area contributed by atoms with E-state index in [9.17, 15) is 24.6 Å². The highest BCUT2D eigenvalue weighted by Crippen LogP contribution is 2.10. The van der Waals surface area contributed by atoms with Gasteiger partial charge >= 0.3 is 12.1 Å². The highest BCUT2D eigenvalue weighted by molar-refractivity contribution is 5.89. The summed E-state index contributed by atoms with van der Waals surface area (Å²) in [5.41, 5.74) is 2.37. The summed E-state index contributed by atoms with van der Waals surface area (Å²) in [5, 5.41) is 23.5. The number of fused-ring (bicyclic) bond motifs is 1. The number of rotatable bonds is 9. The Morgan fingerprint density at radius 2 is 1.62 bits per heavy atom. The average molecular weight is 438 g/mol. The summed E-state index contributed by atoms with van der Waals surface area (Å²) >= 11 is 0. The number of carbonyl (C=O) groups excluding carboxylic acids is 2. The van der Waals surface area contributed by atoms with E-state index in [4.69, 9.17) is 4.74 Å². The largest absolute Gasteiger partial charge is 0.480 e. The molecule has 2 aromatic carbocycles. The molecule has 0 saturated carbocycles. The maximum atomic E-state index is 12.5. The first-order valence-corrected chi connectivity index (χ1v) is 9.78. The van der Waals surface area contributed by atoms with Crippen LogP contribution in [0.2, 0.25) is 0 Å². The molecule has 0 fully saturated rings. The minimum Gasteiger partial charge on any atom is -0.480 e. The molecule has 0 aliphatic heterocycles. The number of nitrogens with zero attached hydrogens (tertiary/aromatic N) is 2. The molecule has 2 amide bonds. The number of aliphatic hydroxyl groups excluding tert-OH is 1. The van der Waals surface area contributed by atoms with Gasteiger partial charge in [-0.15, -0.1) is 0 Å². The van der Waals surface area contributed by atoms with Crippen molar-refractivity contribution in [3.8, 4) is 0 Å². The summed E-state index contributed by atoms with van der Waals surface area (Å²) in [7, 11) is 0. The number of alkyl carbamates (subject to hydrolysis) is 1. The Balaban J connectivity index is 1.59. The number of amides is 2. The van der Waals surface area contributed by atoms with E-state index < -0.39 is 36.7 Å². The number of aliphatic carboxylic acids is 1. The van der Waals surface area contributed by atoms with Crippen molar-refractivity contribution in [1.29, 1.82) is 0 Å². The molecular formula is C22H22N4O6. The van der Waals surface area contributed by atoms with E-state index in [0.29, 0.717) is 16.7 Å². The van der Waals surface area contributed by atoms with Gasteiger partial charge in [0.2, 0.25) is 5.91 Å². The van der Waals surface area contributed by atoms with E-state index in [2.05, 4.69) is 20.6 Å². The summed E-state index contributed by atoms with van der Waals surface area (Å²) in [6.45, 7) is -0.765. The zero-order chi connectivity index (χ0) is 22.9. The lowest BCUT2D eigenvalue weighted by atomic mass is 10.1. The van der Waals surface area contributed by atoms with Crippen molar-refractivity contribution in [2.24, 2.45) is 0 Å². The molecule has 10 nitrogen and oxygen atoms in total. The van der Waals surface area contributed by atoms with Gasteiger partial charge in [0.25, 0.3) is 0 Å². The first-order chi connectivity index (χ1) is 15.5. The van der Waals surface area contributed by atoms with Gasteiger partial charge in [-0.05, 0) is 17.7 Å². The van der Waals surface area contributed by atoms with Crippen LogP contribution in [0.15, 0.2) is 60.8 Å². The highest BCUT2D eigenvalue weighted by Gasteiger charge is 2.27. The summed E-state index contributed by atoms with van der Waals surface area (Å²) in [5.74, 6) is -2.16. The molecule has 0 aliphatic carbocycles. The summed E-state index contributed by atoms with van der Waals surface area (Å²) in [6, 6.07) is 13.3. The zero-order valence-electron chi connectivity index (χ0n) is 17.0. The second-order valence-electron chi connectivity index (χ2n) is 6.89. The molecule has 32 heavy (non-hydrogen) atoms. The maximum Gasteiger partial charge on any atom is 0.408 e. The van der Waals surface area contributed by atoms with Crippen molar-refractivity contribution in [2.45, 2.75) is 25.1 Å². The summed E-state index contributed by atoms with van der Waals surface area (Å²) in [4.78, 5) is 44.7. The molecular weight excluding hydrogens is 416 g/mol. The number of carbonyl (C=O) groups is 3. The van der Waals surface area contributed by atoms with Crippen LogP contribution >= 0.6 is 0 Å². The molecule has 1 aromatic heterocycles. The Kier molecular flexibility index (Phi) is 7.65. The molecule has 0 aliphatic rings. The van der Waals surface area contributed by atoms with Crippen molar-refractivity contribution < 1.29 is 29.3 Å². The number of para-hydroxylation sites is 2. The fraction of sp³-hybridized carbons (Fsp3) is 0.227. The molecule has 4 N–H and O–H groups in total. The van der Waals surface area contributed by atoms with Crippen molar-refractivity contribution in [3.63, 3.8) is 0 Å². The molecule has 166 valence electrons. The second-order valence-corrected chi connectivity index (χ2v) is 6.89. The lowest BCUT2D eigenvalue weighted by Gasteiger charge is -2.19. The molecule has 0 unspecified atom stereocenters. The average Bonchev–Trinajstić information content (AvgIpc) is 2.81. The van der Waals surface area contributed by atoms with E-state index in [1.807, 2.05) is 12.1 Å². The van der Waals surface area contributed by atoms with Crippen LogP contribution in [0.5, 0.6) is 0 Å². The number of hydrogen-bond donors (Lipinski definition) is 4. The van der Waals surface area contributed by atoms with Crippen molar-refractivity contribution in [2.75, 3.05) is 6.61 Å². The Labute approximate surface area is 183 Å². The second kappa shape index (κ2) is 10.8. The molecule has 3 rings (SSSR count). The number of carboxylic acid groups (broad SMARTS) is 1. The van der Waals surface area contributed by atoms with Gasteiger partial charge in [0.15, 0.2) is 0 Å². The van der Waals surface area contributed by atoms with E-state index in [-0.39, 0.29) is 13.0 Å². The number of aromatic nitrogens is 2. The van der Waals surface area contributed by atoms with Crippen LogP contribution in [0.25, 0.3) is 11.0 Å². The van der Waals surface area contributed by atoms with Gasteiger partial charge in [-0.2, -0.15) is 0 Å². The van der Waals surface area contributed by atoms with Gasteiger partial charge in [0.05, 0.1) is 23.3 Å². The summed E-state index contributed by atoms with van der Waals surface area (Å²) < 4.78 is 5.02. The lowest BCUT2D eigenvalue weighted by Crippen LogP contribution is -2.53. The molecule has 0 bridgehead atoms. The summed E-state index contributed by atoms with van der Waals surface area (Å²) in [6.07, 6.45) is 0.387. The normalized spacial score (nSPS) is 12.5. The SMILES string of the molecule is O=C(N[C@@H](CO)C(=O)N[C@H](Cc1cnc2ccccc2n1)C(=O)O)OCc1ccccc1. The Hall–Kier alpha value is -4.05. The van der Waals surface area contributed by atoms with Crippen molar-refractivity contribution in [1.82, 2.24) is 20.6 Å². The minimum atomic E-state index is -1.39. The van der Waals surface area contributed by atoms with Gasteiger partial charge in [0, 0.05) is 12.6 Å². The third-order valence-corrected chi connectivity index (χ3v) is 4.53. The number of nitrogens with one attached hydrogen (secondary N) is 2.